The Bertz CT molecular complexity index is 833. The molecule has 0 radical (unpaired) electrons. The van der Waals surface area contributed by atoms with E-state index in [2.05, 4.69) is 27.5 Å². The number of halogens is 1. The SMILES string of the molecule is CCCC(CCNc1nc(C)cc(Oc2cccc(F)c2)n1)(NCCCN)C(C)=O. The third kappa shape index (κ3) is 7.03. The fourth-order valence-electron chi connectivity index (χ4n) is 3.34. The van der Waals surface area contributed by atoms with Gasteiger partial charge in [0.25, 0.3) is 0 Å². The summed E-state index contributed by atoms with van der Waals surface area (Å²) < 4.78 is 19.0. The maximum absolute atomic E-state index is 13.4. The quantitative estimate of drug-likeness (QED) is 0.428. The van der Waals surface area contributed by atoms with Crippen LogP contribution in [-0.2, 0) is 4.79 Å². The van der Waals surface area contributed by atoms with Crippen LogP contribution in [0.1, 0.15) is 45.2 Å². The van der Waals surface area contributed by atoms with E-state index in [1.54, 1.807) is 25.1 Å². The van der Waals surface area contributed by atoms with Gasteiger partial charge in [0, 0.05) is 24.4 Å². The van der Waals surface area contributed by atoms with Gasteiger partial charge in [0.05, 0.1) is 5.54 Å². The molecule has 0 spiro atoms. The second-order valence-electron chi connectivity index (χ2n) is 7.36. The van der Waals surface area contributed by atoms with E-state index in [4.69, 9.17) is 10.5 Å². The lowest BCUT2D eigenvalue weighted by Crippen LogP contribution is -2.52. The maximum Gasteiger partial charge on any atom is 0.226 e. The topological polar surface area (TPSA) is 102 Å². The van der Waals surface area contributed by atoms with Crippen molar-refractivity contribution in [3.8, 4) is 11.6 Å². The highest BCUT2D eigenvalue weighted by atomic mass is 19.1. The van der Waals surface area contributed by atoms with Crippen LogP contribution in [0.4, 0.5) is 10.3 Å². The van der Waals surface area contributed by atoms with E-state index in [1.807, 2.05) is 6.92 Å². The molecule has 8 heteroatoms. The van der Waals surface area contributed by atoms with E-state index in [9.17, 15) is 9.18 Å². The van der Waals surface area contributed by atoms with Crippen LogP contribution in [0.15, 0.2) is 30.3 Å². The first-order chi connectivity index (χ1) is 14.4. The van der Waals surface area contributed by atoms with Gasteiger partial charge in [0.15, 0.2) is 0 Å². The third-order valence-electron chi connectivity index (χ3n) is 4.88. The lowest BCUT2D eigenvalue weighted by atomic mass is 9.85. The summed E-state index contributed by atoms with van der Waals surface area (Å²) in [6.07, 6.45) is 3.05. The largest absolute Gasteiger partial charge is 0.439 e. The summed E-state index contributed by atoms with van der Waals surface area (Å²) >= 11 is 0. The van der Waals surface area contributed by atoms with Gasteiger partial charge in [0.1, 0.15) is 17.3 Å². The summed E-state index contributed by atoms with van der Waals surface area (Å²) in [7, 11) is 0. The second kappa shape index (κ2) is 11.6. The van der Waals surface area contributed by atoms with E-state index in [0.29, 0.717) is 49.3 Å². The number of hydrogen-bond donors (Lipinski definition) is 3. The molecule has 0 saturated heterocycles. The summed E-state index contributed by atoms with van der Waals surface area (Å²) in [5, 5.41) is 6.60. The number of nitrogens with two attached hydrogens (primary N) is 1. The highest BCUT2D eigenvalue weighted by molar-refractivity contribution is 5.86. The zero-order valence-corrected chi connectivity index (χ0v) is 18.0. The third-order valence-corrected chi connectivity index (χ3v) is 4.88. The van der Waals surface area contributed by atoms with Crippen LogP contribution in [0.2, 0.25) is 0 Å². The fourth-order valence-corrected chi connectivity index (χ4v) is 3.34. The van der Waals surface area contributed by atoms with Crippen LogP contribution >= 0.6 is 0 Å². The molecule has 2 aromatic rings. The highest BCUT2D eigenvalue weighted by Gasteiger charge is 2.33. The van der Waals surface area contributed by atoms with E-state index in [1.165, 1.54) is 12.1 Å². The number of aryl methyl sites for hydroxylation is 1. The van der Waals surface area contributed by atoms with Gasteiger partial charge in [-0.25, -0.2) is 9.37 Å². The van der Waals surface area contributed by atoms with Crippen molar-refractivity contribution < 1.29 is 13.9 Å². The van der Waals surface area contributed by atoms with Crippen molar-refractivity contribution in [1.82, 2.24) is 15.3 Å². The molecule has 7 nitrogen and oxygen atoms in total. The Morgan fingerprint density at radius 3 is 2.70 bits per heavy atom. The van der Waals surface area contributed by atoms with Crippen molar-refractivity contribution in [2.75, 3.05) is 25.0 Å². The Labute approximate surface area is 177 Å². The van der Waals surface area contributed by atoms with Gasteiger partial charge < -0.3 is 21.1 Å². The Hall–Kier alpha value is -2.58. The predicted octanol–water partition coefficient (Wildman–Crippen LogP) is 3.58. The van der Waals surface area contributed by atoms with Crippen LogP contribution in [0, 0.1) is 12.7 Å². The van der Waals surface area contributed by atoms with Gasteiger partial charge in [0.2, 0.25) is 11.8 Å². The zero-order valence-electron chi connectivity index (χ0n) is 18.0. The molecule has 0 aliphatic rings. The minimum Gasteiger partial charge on any atom is -0.439 e. The molecule has 0 aliphatic heterocycles. The lowest BCUT2D eigenvalue weighted by molar-refractivity contribution is -0.123. The molecule has 0 amide bonds. The summed E-state index contributed by atoms with van der Waals surface area (Å²) in [4.78, 5) is 21.2. The molecular weight excluding hydrogens is 385 g/mol. The number of nitrogens with one attached hydrogen (secondary N) is 2. The number of ketones is 1. The monoisotopic (exact) mass is 417 g/mol. The molecule has 0 aliphatic carbocycles. The average molecular weight is 418 g/mol. The number of aromatic nitrogens is 2. The van der Waals surface area contributed by atoms with E-state index in [-0.39, 0.29) is 11.6 Å². The zero-order chi connectivity index (χ0) is 22.0. The van der Waals surface area contributed by atoms with Crippen LogP contribution in [0.5, 0.6) is 11.6 Å². The predicted molar refractivity (Wildman–Crippen MR) is 116 cm³/mol. The van der Waals surface area contributed by atoms with Crippen molar-refractivity contribution in [1.29, 1.82) is 0 Å². The molecule has 1 aromatic carbocycles. The number of anilines is 1. The standard InChI is InChI=1S/C22H32FN5O2/c1-4-9-22(17(3)29,26-12-6-11-24)10-13-25-21-27-16(2)14-20(28-21)30-19-8-5-7-18(23)15-19/h5,7-8,14-15,26H,4,6,9-13,24H2,1-3H3,(H,25,27,28). The van der Waals surface area contributed by atoms with Crippen LogP contribution in [0.3, 0.4) is 0 Å². The molecule has 1 atom stereocenters. The van der Waals surface area contributed by atoms with Gasteiger partial charge in [-0.05, 0) is 58.3 Å². The van der Waals surface area contributed by atoms with Crippen LogP contribution in [0.25, 0.3) is 0 Å². The molecule has 1 heterocycles. The van der Waals surface area contributed by atoms with Crippen molar-refractivity contribution >= 4 is 11.7 Å². The summed E-state index contributed by atoms with van der Waals surface area (Å²) in [6, 6.07) is 7.56. The van der Waals surface area contributed by atoms with E-state index < -0.39 is 5.54 Å². The Balaban J connectivity index is 2.05. The van der Waals surface area contributed by atoms with Gasteiger partial charge in [-0.15, -0.1) is 0 Å². The van der Waals surface area contributed by atoms with Crippen molar-refractivity contribution in [2.24, 2.45) is 5.73 Å². The molecular formula is C22H32FN5O2. The number of rotatable bonds is 13. The van der Waals surface area contributed by atoms with Gasteiger partial charge >= 0.3 is 0 Å². The van der Waals surface area contributed by atoms with Gasteiger partial charge in [-0.1, -0.05) is 19.4 Å². The molecule has 4 N–H and O–H groups in total. The minimum absolute atomic E-state index is 0.114. The van der Waals surface area contributed by atoms with Gasteiger partial charge in [-0.3, -0.25) is 4.79 Å². The highest BCUT2D eigenvalue weighted by Crippen LogP contribution is 2.23. The Morgan fingerprint density at radius 1 is 1.23 bits per heavy atom. The molecule has 30 heavy (non-hydrogen) atoms. The molecule has 2 rings (SSSR count). The van der Waals surface area contributed by atoms with Crippen molar-refractivity contribution in [3.05, 3.63) is 41.8 Å². The summed E-state index contributed by atoms with van der Waals surface area (Å²) in [6.45, 7) is 7.31. The van der Waals surface area contributed by atoms with Crippen LogP contribution < -0.4 is 21.1 Å². The number of hydrogen-bond acceptors (Lipinski definition) is 7. The fraction of sp³-hybridized carbons (Fsp3) is 0.500. The van der Waals surface area contributed by atoms with E-state index >= 15 is 0 Å². The molecule has 0 fully saturated rings. The van der Waals surface area contributed by atoms with E-state index in [0.717, 1.165) is 19.3 Å². The number of nitrogens with zero attached hydrogens (tertiary/aromatic N) is 2. The normalized spacial score (nSPS) is 13.0. The first kappa shape index (κ1) is 23.7. The number of benzene rings is 1. The second-order valence-corrected chi connectivity index (χ2v) is 7.36. The minimum atomic E-state index is -0.596. The van der Waals surface area contributed by atoms with Crippen LogP contribution in [-0.4, -0.2) is 40.9 Å². The summed E-state index contributed by atoms with van der Waals surface area (Å²) in [5.74, 6) is 0.820. The molecule has 0 saturated carbocycles. The number of Topliss-reactive ketones (excluding diaryl/α,β-unsaturated/α-hetero) is 1. The average Bonchev–Trinajstić information content (AvgIpc) is 2.67. The molecule has 1 aromatic heterocycles. The first-order valence-corrected chi connectivity index (χ1v) is 10.4. The molecule has 1 unspecified atom stereocenters. The Morgan fingerprint density at radius 2 is 2.03 bits per heavy atom. The first-order valence-electron chi connectivity index (χ1n) is 10.4. The number of carbonyl (C=O) groups excluding carboxylic acids is 1. The lowest BCUT2D eigenvalue weighted by Gasteiger charge is -2.32. The smallest absolute Gasteiger partial charge is 0.226 e. The van der Waals surface area contributed by atoms with Crippen molar-refractivity contribution in [2.45, 2.75) is 52.0 Å². The summed E-state index contributed by atoms with van der Waals surface area (Å²) in [5.41, 5.74) is 5.71. The Kier molecular flexibility index (Phi) is 9.14. The molecule has 0 bridgehead atoms. The number of carbonyl (C=O) groups is 1. The molecule has 164 valence electrons. The maximum atomic E-state index is 13.4. The van der Waals surface area contributed by atoms with Crippen molar-refractivity contribution in [3.63, 3.8) is 0 Å². The number of ether oxygens (including phenoxy) is 1. The van der Waals surface area contributed by atoms with Gasteiger partial charge in [-0.2, -0.15) is 4.98 Å².